The summed E-state index contributed by atoms with van der Waals surface area (Å²) in [6.45, 7) is 0.812. The number of carbonyl (C=O) groups excluding carboxylic acids is 2. The van der Waals surface area contributed by atoms with Crippen LogP contribution in [0.15, 0.2) is 30.3 Å². The third-order valence-electron chi connectivity index (χ3n) is 8.12. The van der Waals surface area contributed by atoms with Gasteiger partial charge in [-0.05, 0) is 80.3 Å². The van der Waals surface area contributed by atoms with Crippen molar-refractivity contribution in [2.45, 2.75) is 56.6 Å². The number of aliphatic hydroxyl groups excluding tert-OH is 1. The first-order chi connectivity index (χ1) is 17.8. The molecule has 0 bridgehead atoms. The Morgan fingerprint density at radius 3 is 2.46 bits per heavy atom. The lowest BCUT2D eigenvalue weighted by molar-refractivity contribution is -0.138. The Kier molecular flexibility index (Phi) is 5.98. The van der Waals surface area contributed by atoms with Crippen molar-refractivity contribution < 1.29 is 23.5 Å². The lowest BCUT2D eigenvalue weighted by atomic mass is 9.91. The van der Waals surface area contributed by atoms with Crippen LogP contribution in [0.3, 0.4) is 0 Å². The number of imidazole rings is 1. The molecule has 1 saturated heterocycles. The first-order valence-corrected chi connectivity index (χ1v) is 13.0. The van der Waals surface area contributed by atoms with Gasteiger partial charge >= 0.3 is 0 Å². The van der Waals surface area contributed by atoms with Gasteiger partial charge < -0.3 is 19.5 Å². The van der Waals surface area contributed by atoms with Crippen LogP contribution in [0, 0.1) is 11.6 Å². The highest BCUT2D eigenvalue weighted by Gasteiger charge is 2.35. The van der Waals surface area contributed by atoms with Crippen molar-refractivity contribution in [2.75, 3.05) is 19.6 Å². The second kappa shape index (κ2) is 9.20. The highest BCUT2D eigenvalue weighted by atomic mass is 19.1. The monoisotopic (exact) mass is 508 g/mol. The molecular formula is C28H30F2N4O3. The number of halogens is 2. The van der Waals surface area contributed by atoms with E-state index < -0.39 is 11.6 Å². The zero-order valence-corrected chi connectivity index (χ0v) is 20.8. The maximum atomic E-state index is 14.8. The number of hydrogen-bond donors (Lipinski definition) is 1. The van der Waals surface area contributed by atoms with Crippen molar-refractivity contribution in [1.82, 2.24) is 19.4 Å². The standard InChI is InChI=1S/C28H30F2N4O3/c1-32-24-13-17(16-2-3-16)12-22(21-14-18(29)4-9-23(21)30)26(24)31-27(32)28(37)33-10-11-34(25(36)15-33)19-5-7-20(35)8-6-19/h4,9,12-14,16,19-20,35H,2-3,5-8,10-11,15H2,1H3. The van der Waals surface area contributed by atoms with Crippen molar-refractivity contribution in [2.24, 2.45) is 7.05 Å². The van der Waals surface area contributed by atoms with Crippen LogP contribution in [-0.2, 0) is 11.8 Å². The van der Waals surface area contributed by atoms with Crippen LogP contribution in [0.5, 0.6) is 0 Å². The molecule has 2 amide bonds. The fourth-order valence-electron chi connectivity index (χ4n) is 5.82. The van der Waals surface area contributed by atoms with Crippen LogP contribution in [0.1, 0.15) is 60.6 Å². The summed E-state index contributed by atoms with van der Waals surface area (Å²) >= 11 is 0. The molecule has 6 rings (SSSR count). The van der Waals surface area contributed by atoms with Crippen LogP contribution in [0.2, 0.25) is 0 Å². The van der Waals surface area contributed by atoms with E-state index in [1.165, 1.54) is 11.0 Å². The Balaban J connectivity index is 1.32. The fourth-order valence-corrected chi connectivity index (χ4v) is 5.82. The van der Waals surface area contributed by atoms with Crippen LogP contribution < -0.4 is 0 Å². The van der Waals surface area contributed by atoms with Crippen molar-refractivity contribution in [3.8, 4) is 11.1 Å². The zero-order chi connectivity index (χ0) is 25.8. The summed E-state index contributed by atoms with van der Waals surface area (Å²) in [5.41, 5.74) is 2.72. The second-order valence-corrected chi connectivity index (χ2v) is 10.6. The quantitative estimate of drug-likeness (QED) is 0.578. The molecule has 3 aliphatic rings. The molecular weight excluding hydrogens is 478 g/mol. The second-order valence-electron chi connectivity index (χ2n) is 10.6. The van der Waals surface area contributed by atoms with Gasteiger partial charge in [0.1, 0.15) is 18.2 Å². The van der Waals surface area contributed by atoms with Gasteiger partial charge in [-0.3, -0.25) is 9.59 Å². The number of piperazine rings is 1. The third kappa shape index (κ3) is 4.39. The topological polar surface area (TPSA) is 78.7 Å². The van der Waals surface area contributed by atoms with Gasteiger partial charge in [-0.2, -0.15) is 0 Å². The molecule has 1 aromatic heterocycles. The molecule has 2 heterocycles. The van der Waals surface area contributed by atoms with Gasteiger partial charge in [0.15, 0.2) is 5.82 Å². The van der Waals surface area contributed by atoms with Gasteiger partial charge in [0, 0.05) is 37.3 Å². The number of rotatable bonds is 4. The molecule has 3 fully saturated rings. The molecule has 2 aromatic carbocycles. The van der Waals surface area contributed by atoms with Crippen LogP contribution in [-0.4, -0.2) is 68.1 Å². The van der Waals surface area contributed by atoms with E-state index in [1.54, 1.807) is 11.6 Å². The number of fused-ring (bicyclic) bond motifs is 1. The van der Waals surface area contributed by atoms with Gasteiger partial charge in [-0.1, -0.05) is 0 Å². The smallest absolute Gasteiger partial charge is 0.290 e. The molecule has 0 atom stereocenters. The maximum absolute atomic E-state index is 14.8. The first kappa shape index (κ1) is 24.0. The molecule has 194 valence electrons. The van der Waals surface area contributed by atoms with Gasteiger partial charge in [0.25, 0.3) is 5.91 Å². The van der Waals surface area contributed by atoms with Gasteiger partial charge in [0.05, 0.1) is 17.1 Å². The van der Waals surface area contributed by atoms with Gasteiger partial charge in [0.2, 0.25) is 5.91 Å². The summed E-state index contributed by atoms with van der Waals surface area (Å²) in [4.78, 5) is 34.5. The summed E-state index contributed by atoms with van der Waals surface area (Å²) in [6, 6.07) is 7.31. The Morgan fingerprint density at radius 1 is 1.00 bits per heavy atom. The van der Waals surface area contributed by atoms with E-state index in [1.807, 2.05) is 17.0 Å². The molecule has 2 aliphatic carbocycles. The SMILES string of the molecule is Cn1c(C(=O)N2CCN(C3CCC(O)CC3)C(=O)C2)nc2c(-c3cc(F)ccc3F)cc(C3CC3)cc21. The maximum Gasteiger partial charge on any atom is 0.290 e. The van der Waals surface area contributed by atoms with E-state index in [9.17, 15) is 23.5 Å². The lowest BCUT2D eigenvalue weighted by Gasteiger charge is -2.41. The molecule has 37 heavy (non-hydrogen) atoms. The molecule has 9 heteroatoms. The number of aromatic nitrogens is 2. The number of benzene rings is 2. The van der Waals surface area contributed by atoms with Crippen molar-refractivity contribution in [3.63, 3.8) is 0 Å². The van der Waals surface area contributed by atoms with Crippen molar-refractivity contribution in [1.29, 1.82) is 0 Å². The predicted octanol–water partition coefficient (Wildman–Crippen LogP) is 3.98. The minimum Gasteiger partial charge on any atom is -0.393 e. The Labute approximate surface area is 213 Å². The van der Waals surface area contributed by atoms with Crippen LogP contribution in [0.25, 0.3) is 22.2 Å². The van der Waals surface area contributed by atoms with E-state index in [0.29, 0.717) is 48.4 Å². The van der Waals surface area contributed by atoms with E-state index in [2.05, 4.69) is 4.98 Å². The summed E-state index contributed by atoms with van der Waals surface area (Å²) < 4.78 is 30.6. The average Bonchev–Trinajstić information content (AvgIpc) is 3.69. The van der Waals surface area contributed by atoms with Gasteiger partial charge in [-0.15, -0.1) is 0 Å². The third-order valence-corrected chi connectivity index (χ3v) is 8.12. The Hall–Kier alpha value is -3.33. The molecule has 1 N–H and O–H groups in total. The van der Waals surface area contributed by atoms with E-state index >= 15 is 0 Å². The van der Waals surface area contributed by atoms with Crippen LogP contribution in [0.4, 0.5) is 8.78 Å². The first-order valence-electron chi connectivity index (χ1n) is 13.0. The lowest BCUT2D eigenvalue weighted by Crippen LogP contribution is -2.56. The summed E-state index contributed by atoms with van der Waals surface area (Å²) in [7, 11) is 1.75. The van der Waals surface area contributed by atoms with E-state index in [-0.39, 0.29) is 41.9 Å². The summed E-state index contributed by atoms with van der Waals surface area (Å²) in [6.07, 6.45) is 4.70. The van der Waals surface area contributed by atoms with E-state index in [4.69, 9.17) is 0 Å². The molecule has 7 nitrogen and oxygen atoms in total. The molecule has 2 saturated carbocycles. The number of amides is 2. The summed E-state index contributed by atoms with van der Waals surface area (Å²) in [5, 5.41) is 9.78. The number of aliphatic hydroxyl groups is 1. The highest BCUT2D eigenvalue weighted by Crippen LogP contribution is 2.43. The van der Waals surface area contributed by atoms with Crippen molar-refractivity contribution in [3.05, 3.63) is 53.4 Å². The van der Waals surface area contributed by atoms with Crippen molar-refractivity contribution >= 4 is 22.8 Å². The number of carbonyl (C=O) groups is 2. The molecule has 0 radical (unpaired) electrons. The Morgan fingerprint density at radius 2 is 1.76 bits per heavy atom. The molecule has 3 aromatic rings. The minimum atomic E-state index is -0.550. The number of aryl methyl sites for hydroxylation is 1. The zero-order valence-electron chi connectivity index (χ0n) is 20.8. The highest BCUT2D eigenvalue weighted by molar-refractivity contribution is 6.01. The fraction of sp³-hybridized carbons (Fsp3) is 0.464. The molecule has 0 unspecified atom stereocenters. The van der Waals surface area contributed by atoms with E-state index in [0.717, 1.165) is 43.4 Å². The minimum absolute atomic E-state index is 0.0280. The average molecular weight is 509 g/mol. The normalized spacial score (nSPS) is 22.6. The predicted molar refractivity (Wildman–Crippen MR) is 134 cm³/mol. The number of hydrogen-bond acceptors (Lipinski definition) is 4. The Bertz CT molecular complexity index is 1390. The molecule has 1 aliphatic heterocycles. The summed E-state index contributed by atoms with van der Waals surface area (Å²) in [5.74, 6) is -1.02. The largest absolute Gasteiger partial charge is 0.393 e. The van der Waals surface area contributed by atoms with Crippen LogP contribution >= 0.6 is 0 Å². The molecule has 0 spiro atoms. The van der Waals surface area contributed by atoms with Gasteiger partial charge in [-0.25, -0.2) is 13.8 Å². The number of nitrogens with zero attached hydrogens (tertiary/aromatic N) is 4.